The predicted octanol–water partition coefficient (Wildman–Crippen LogP) is 4.69. The molecule has 0 fully saturated rings. The van der Waals surface area contributed by atoms with Crippen LogP contribution in [0.4, 0.5) is 5.69 Å². The maximum absolute atomic E-state index is 13.3. The number of hydrogen-bond donors (Lipinski definition) is 2. The Morgan fingerprint density at radius 3 is 2.68 bits per heavy atom. The van der Waals surface area contributed by atoms with Gasteiger partial charge in [-0.15, -0.1) is 11.3 Å². The molecule has 0 radical (unpaired) electrons. The Balaban J connectivity index is 1.97. The van der Waals surface area contributed by atoms with Crippen molar-refractivity contribution in [3.8, 4) is 6.07 Å². The normalized spacial score (nSPS) is 15.9. The van der Waals surface area contributed by atoms with Crippen LogP contribution in [0, 0.1) is 18.3 Å². The van der Waals surface area contributed by atoms with E-state index in [2.05, 4.69) is 16.7 Å². The third-order valence-electron chi connectivity index (χ3n) is 4.75. The lowest BCUT2D eigenvalue weighted by molar-refractivity contribution is -0.139. The summed E-state index contributed by atoms with van der Waals surface area (Å²) in [6.45, 7) is 5.79. The molecule has 8 heteroatoms. The van der Waals surface area contributed by atoms with Crippen molar-refractivity contribution >= 4 is 40.7 Å². The molecule has 0 spiro atoms. The first-order valence-electron chi connectivity index (χ1n) is 9.77. The van der Waals surface area contributed by atoms with E-state index in [1.807, 2.05) is 55.6 Å². The van der Waals surface area contributed by atoms with E-state index in [4.69, 9.17) is 4.74 Å². The van der Waals surface area contributed by atoms with Crippen LogP contribution in [-0.2, 0) is 14.3 Å². The molecule has 1 aliphatic rings. The molecule has 1 aromatic heterocycles. The third kappa shape index (κ3) is 5.19. The highest BCUT2D eigenvalue weighted by molar-refractivity contribution is 8.03. The van der Waals surface area contributed by atoms with Crippen molar-refractivity contribution in [3.05, 3.63) is 74.1 Å². The van der Waals surface area contributed by atoms with Crippen LogP contribution in [0.1, 0.15) is 30.2 Å². The molecule has 1 amide bonds. The van der Waals surface area contributed by atoms with Gasteiger partial charge in [-0.3, -0.25) is 9.59 Å². The van der Waals surface area contributed by atoms with Crippen molar-refractivity contribution in [2.24, 2.45) is 0 Å². The van der Waals surface area contributed by atoms with E-state index in [9.17, 15) is 14.9 Å². The van der Waals surface area contributed by atoms with Crippen LogP contribution >= 0.6 is 23.1 Å². The molecule has 3 rings (SSSR count). The summed E-state index contributed by atoms with van der Waals surface area (Å²) < 4.78 is 5.00. The number of nitrogens with zero attached hydrogens (tertiary/aromatic N) is 1. The number of hydrogen-bond acceptors (Lipinski definition) is 7. The van der Waals surface area contributed by atoms with Gasteiger partial charge in [0.25, 0.3) is 5.91 Å². The summed E-state index contributed by atoms with van der Waals surface area (Å²) in [5.41, 5.74) is 3.23. The number of nitrogens with one attached hydrogen (secondary N) is 2. The summed E-state index contributed by atoms with van der Waals surface area (Å²) in [4.78, 5) is 26.1. The topological polar surface area (TPSA) is 91.2 Å². The fraction of sp³-hybridized carbons (Fsp3) is 0.261. The minimum Gasteiger partial charge on any atom is -0.465 e. The molecule has 0 saturated heterocycles. The van der Waals surface area contributed by atoms with Crippen molar-refractivity contribution in [3.63, 3.8) is 0 Å². The van der Waals surface area contributed by atoms with Crippen LogP contribution in [0.15, 0.2) is 63.7 Å². The molecule has 2 N–H and O–H groups in total. The number of rotatable bonds is 7. The summed E-state index contributed by atoms with van der Waals surface area (Å²) in [7, 11) is 0. The van der Waals surface area contributed by atoms with Gasteiger partial charge in [0.1, 0.15) is 0 Å². The maximum atomic E-state index is 13.3. The summed E-state index contributed by atoms with van der Waals surface area (Å²) >= 11 is 2.70. The molecule has 0 saturated carbocycles. The average Bonchev–Trinajstić information content (AvgIpc) is 3.28. The summed E-state index contributed by atoms with van der Waals surface area (Å²) in [6, 6.07) is 13.6. The first-order valence-corrected chi connectivity index (χ1v) is 11.6. The Hall–Kier alpha value is -3.02. The number of thioether (sulfide) groups is 1. The maximum Gasteiger partial charge on any atom is 0.316 e. The number of benzene rings is 1. The number of ether oxygens (including phenoxy) is 1. The number of esters is 1. The van der Waals surface area contributed by atoms with Crippen LogP contribution in [0.5, 0.6) is 0 Å². The smallest absolute Gasteiger partial charge is 0.316 e. The number of dihydropyridines is 1. The minimum absolute atomic E-state index is 0.0799. The molecule has 0 aliphatic carbocycles. The highest BCUT2D eigenvalue weighted by atomic mass is 32.2. The van der Waals surface area contributed by atoms with Crippen molar-refractivity contribution in [2.45, 2.75) is 26.7 Å². The Morgan fingerprint density at radius 1 is 1.26 bits per heavy atom. The van der Waals surface area contributed by atoms with Gasteiger partial charge >= 0.3 is 5.97 Å². The van der Waals surface area contributed by atoms with Gasteiger partial charge < -0.3 is 15.4 Å². The van der Waals surface area contributed by atoms with E-state index in [1.165, 1.54) is 23.1 Å². The second-order valence-electron chi connectivity index (χ2n) is 6.83. The van der Waals surface area contributed by atoms with E-state index in [0.29, 0.717) is 28.5 Å². The first-order chi connectivity index (χ1) is 15.0. The van der Waals surface area contributed by atoms with Gasteiger partial charge in [-0.05, 0) is 43.8 Å². The fourth-order valence-corrected chi connectivity index (χ4v) is 5.04. The predicted molar refractivity (Wildman–Crippen MR) is 124 cm³/mol. The second kappa shape index (κ2) is 10.3. The highest BCUT2D eigenvalue weighted by Gasteiger charge is 2.35. The zero-order valence-electron chi connectivity index (χ0n) is 17.5. The Bertz CT molecular complexity index is 1080. The Kier molecular flexibility index (Phi) is 7.55. The van der Waals surface area contributed by atoms with Crippen LogP contribution in [0.25, 0.3) is 0 Å². The molecule has 0 bridgehead atoms. The molecule has 2 heterocycles. The van der Waals surface area contributed by atoms with E-state index in [1.54, 1.807) is 6.92 Å². The summed E-state index contributed by atoms with van der Waals surface area (Å²) in [6.07, 6.45) is 0. The molecular formula is C23H23N3O3S2. The number of aryl methyl sites for hydroxylation is 1. The summed E-state index contributed by atoms with van der Waals surface area (Å²) in [5.74, 6) is -1.05. The molecule has 1 aliphatic heterocycles. The molecule has 1 aromatic carbocycles. The number of nitriles is 1. The van der Waals surface area contributed by atoms with Crippen molar-refractivity contribution in [1.82, 2.24) is 5.32 Å². The zero-order chi connectivity index (χ0) is 22.4. The molecular weight excluding hydrogens is 430 g/mol. The van der Waals surface area contributed by atoms with Gasteiger partial charge in [0.15, 0.2) is 0 Å². The quantitative estimate of drug-likeness (QED) is 0.591. The number of thiophene rings is 1. The van der Waals surface area contributed by atoms with E-state index < -0.39 is 5.92 Å². The highest BCUT2D eigenvalue weighted by Crippen LogP contribution is 2.42. The van der Waals surface area contributed by atoms with E-state index in [0.717, 1.165) is 16.1 Å². The van der Waals surface area contributed by atoms with E-state index >= 15 is 0 Å². The molecule has 31 heavy (non-hydrogen) atoms. The van der Waals surface area contributed by atoms with Crippen molar-refractivity contribution in [2.75, 3.05) is 17.7 Å². The molecule has 6 nitrogen and oxygen atoms in total. The number of carbonyl (C=O) groups excluding carboxylic acids is 2. The van der Waals surface area contributed by atoms with Gasteiger partial charge in [-0.2, -0.15) is 5.26 Å². The second-order valence-corrected chi connectivity index (χ2v) is 8.79. The lowest BCUT2D eigenvalue weighted by atomic mass is 9.86. The Labute approximate surface area is 190 Å². The summed E-state index contributed by atoms with van der Waals surface area (Å²) in [5, 5.41) is 18.6. The number of carbonyl (C=O) groups is 2. The first kappa shape index (κ1) is 22.7. The number of allylic oxidation sites excluding steroid dienone is 2. The van der Waals surface area contributed by atoms with Crippen molar-refractivity contribution in [1.29, 1.82) is 5.26 Å². The lowest BCUT2D eigenvalue weighted by Gasteiger charge is -2.29. The van der Waals surface area contributed by atoms with Gasteiger partial charge in [-0.25, -0.2) is 0 Å². The standard InChI is InChI=1S/C23H23N3O3S2/c1-4-29-19(27)13-31-23-16(12-24)21(18-10-7-11-30-18)20(15(3)25-23)22(28)26-17-9-6-5-8-14(17)2/h5-11,21,25H,4,13H2,1-3H3,(H,26,28)/t21-/m1/s1. The van der Waals surface area contributed by atoms with Gasteiger partial charge in [0.2, 0.25) is 0 Å². The van der Waals surface area contributed by atoms with Crippen molar-refractivity contribution < 1.29 is 14.3 Å². The molecule has 2 aromatic rings. The third-order valence-corrected chi connectivity index (χ3v) is 6.68. The van der Waals surface area contributed by atoms with Crippen LogP contribution in [-0.4, -0.2) is 24.2 Å². The zero-order valence-corrected chi connectivity index (χ0v) is 19.2. The molecule has 0 unspecified atom stereocenters. The van der Waals surface area contributed by atoms with Gasteiger partial charge in [-0.1, -0.05) is 36.0 Å². The van der Waals surface area contributed by atoms with E-state index in [-0.39, 0.29) is 17.6 Å². The van der Waals surface area contributed by atoms with Crippen LogP contribution in [0.3, 0.4) is 0 Å². The minimum atomic E-state index is -0.514. The Morgan fingerprint density at radius 2 is 2.03 bits per heavy atom. The van der Waals surface area contributed by atoms with Crippen LogP contribution < -0.4 is 10.6 Å². The SMILES string of the molecule is CCOC(=O)CSC1=C(C#N)[C@H](c2cccs2)C(C(=O)Nc2ccccc2C)=C(C)N1. The van der Waals surface area contributed by atoms with Gasteiger partial charge in [0.05, 0.1) is 34.9 Å². The largest absolute Gasteiger partial charge is 0.465 e. The number of amides is 1. The molecule has 160 valence electrons. The number of para-hydroxylation sites is 1. The fourth-order valence-electron chi connectivity index (χ4n) is 3.30. The monoisotopic (exact) mass is 453 g/mol. The number of anilines is 1. The van der Waals surface area contributed by atoms with Crippen LogP contribution in [0.2, 0.25) is 0 Å². The average molecular weight is 454 g/mol. The van der Waals surface area contributed by atoms with Gasteiger partial charge in [0, 0.05) is 21.8 Å². The lowest BCUT2D eigenvalue weighted by Crippen LogP contribution is -2.30. The molecule has 1 atom stereocenters.